The van der Waals surface area contributed by atoms with Crippen LogP contribution >= 0.6 is 0 Å². The lowest BCUT2D eigenvalue weighted by Crippen LogP contribution is -2.58. The van der Waals surface area contributed by atoms with Crippen molar-refractivity contribution in [1.82, 2.24) is 10.2 Å². The second-order valence-electron chi connectivity index (χ2n) is 4.27. The number of hydrogen-bond acceptors (Lipinski definition) is 4. The van der Waals surface area contributed by atoms with Gasteiger partial charge in [-0.2, -0.15) is 0 Å². The third kappa shape index (κ3) is 2.68. The smallest absolute Gasteiger partial charge is 0.326 e. The van der Waals surface area contributed by atoms with Crippen LogP contribution in [0.5, 0.6) is 0 Å². The number of aliphatic carboxylic acids is 1. The summed E-state index contributed by atoms with van der Waals surface area (Å²) in [5.74, 6) is -0.814. The molecular formula is C10H20N2O3. The lowest BCUT2D eigenvalue weighted by Gasteiger charge is -2.29. The zero-order valence-corrected chi connectivity index (χ0v) is 9.62. The molecule has 0 radical (unpaired) electrons. The number of likely N-dealkylation sites (N-methyl/N-ethyl adjacent to an activating group) is 1. The Bertz CT molecular complexity index is 233. The molecule has 1 rings (SSSR count). The van der Waals surface area contributed by atoms with Crippen molar-refractivity contribution in [3.05, 3.63) is 0 Å². The molecule has 1 heterocycles. The van der Waals surface area contributed by atoms with Crippen molar-refractivity contribution in [3.63, 3.8) is 0 Å². The summed E-state index contributed by atoms with van der Waals surface area (Å²) in [6, 6.07) is 0. The van der Waals surface area contributed by atoms with E-state index in [0.29, 0.717) is 19.6 Å². The zero-order valence-electron chi connectivity index (χ0n) is 9.62. The van der Waals surface area contributed by atoms with E-state index < -0.39 is 11.5 Å². The van der Waals surface area contributed by atoms with Crippen LogP contribution in [0.2, 0.25) is 0 Å². The molecule has 5 heteroatoms. The molecule has 0 saturated carbocycles. The van der Waals surface area contributed by atoms with E-state index in [-0.39, 0.29) is 6.10 Å². The van der Waals surface area contributed by atoms with E-state index in [0.717, 1.165) is 6.54 Å². The maximum absolute atomic E-state index is 11.3. The third-order valence-electron chi connectivity index (χ3n) is 2.94. The van der Waals surface area contributed by atoms with Crippen LogP contribution in [0.3, 0.4) is 0 Å². The number of carbonyl (C=O) groups is 1. The highest BCUT2D eigenvalue weighted by molar-refractivity contribution is 5.80. The Morgan fingerprint density at radius 2 is 2.33 bits per heavy atom. The van der Waals surface area contributed by atoms with Gasteiger partial charge in [-0.1, -0.05) is 0 Å². The molecule has 0 aromatic rings. The molecule has 0 aromatic heterocycles. The molecule has 1 fully saturated rings. The minimum absolute atomic E-state index is 0.267. The average Bonchev–Trinajstić information content (AvgIpc) is 2.48. The van der Waals surface area contributed by atoms with Crippen LogP contribution in [0.15, 0.2) is 0 Å². The van der Waals surface area contributed by atoms with Crippen LogP contribution in [0.25, 0.3) is 0 Å². The van der Waals surface area contributed by atoms with Gasteiger partial charge < -0.3 is 14.7 Å². The first-order chi connectivity index (χ1) is 6.99. The van der Waals surface area contributed by atoms with Gasteiger partial charge in [0.2, 0.25) is 0 Å². The van der Waals surface area contributed by atoms with E-state index in [1.54, 1.807) is 0 Å². The maximum Gasteiger partial charge on any atom is 0.326 e. The first-order valence-electron chi connectivity index (χ1n) is 5.24. The number of carboxylic acid groups (broad SMARTS) is 1. The standard InChI is InChI=1S/C10H20N2O3/c1-8-10(9(13)14,4-7-15-8)11-5-6-12(2)3/h8,11H,4-7H2,1-3H3,(H,13,14). The zero-order chi connectivity index (χ0) is 11.5. The number of carboxylic acids is 1. The Kier molecular flexibility index (Phi) is 4.07. The highest BCUT2D eigenvalue weighted by atomic mass is 16.5. The molecule has 2 unspecified atom stereocenters. The number of nitrogens with one attached hydrogen (secondary N) is 1. The quantitative estimate of drug-likeness (QED) is 0.664. The summed E-state index contributed by atoms with van der Waals surface area (Å²) in [4.78, 5) is 13.3. The second kappa shape index (κ2) is 4.92. The van der Waals surface area contributed by atoms with Crippen LogP contribution in [0, 0.1) is 0 Å². The van der Waals surface area contributed by atoms with E-state index in [2.05, 4.69) is 5.32 Å². The Balaban J connectivity index is 2.55. The van der Waals surface area contributed by atoms with Crippen LogP contribution < -0.4 is 5.32 Å². The van der Waals surface area contributed by atoms with Crippen molar-refractivity contribution in [2.75, 3.05) is 33.8 Å². The fourth-order valence-electron chi connectivity index (χ4n) is 1.83. The van der Waals surface area contributed by atoms with Gasteiger partial charge in [0.15, 0.2) is 0 Å². The molecule has 2 atom stereocenters. The summed E-state index contributed by atoms with van der Waals surface area (Å²) < 4.78 is 5.33. The lowest BCUT2D eigenvalue weighted by molar-refractivity contribution is -0.147. The van der Waals surface area contributed by atoms with Gasteiger partial charge >= 0.3 is 5.97 Å². The van der Waals surface area contributed by atoms with Crippen molar-refractivity contribution >= 4 is 5.97 Å². The van der Waals surface area contributed by atoms with E-state index >= 15 is 0 Å². The number of rotatable bonds is 5. The van der Waals surface area contributed by atoms with Crippen molar-refractivity contribution in [3.8, 4) is 0 Å². The summed E-state index contributed by atoms with van der Waals surface area (Å²) >= 11 is 0. The molecule has 0 aliphatic carbocycles. The summed E-state index contributed by atoms with van der Waals surface area (Å²) in [6.45, 7) is 3.81. The highest BCUT2D eigenvalue weighted by Crippen LogP contribution is 2.25. The normalized spacial score (nSPS) is 31.1. The van der Waals surface area contributed by atoms with Gasteiger partial charge in [-0.25, -0.2) is 0 Å². The lowest BCUT2D eigenvalue weighted by atomic mass is 9.92. The first kappa shape index (κ1) is 12.4. The minimum atomic E-state index is -0.893. The minimum Gasteiger partial charge on any atom is -0.480 e. The van der Waals surface area contributed by atoms with Crippen molar-refractivity contribution in [1.29, 1.82) is 0 Å². The van der Waals surface area contributed by atoms with Gasteiger partial charge in [0.1, 0.15) is 5.54 Å². The number of hydrogen-bond donors (Lipinski definition) is 2. The number of ether oxygens (including phenoxy) is 1. The van der Waals surface area contributed by atoms with Gasteiger partial charge in [0.25, 0.3) is 0 Å². The Morgan fingerprint density at radius 3 is 2.73 bits per heavy atom. The van der Waals surface area contributed by atoms with Gasteiger partial charge in [-0.3, -0.25) is 10.1 Å². The van der Waals surface area contributed by atoms with Crippen LogP contribution in [-0.4, -0.2) is 61.4 Å². The fraction of sp³-hybridized carbons (Fsp3) is 0.900. The molecule has 88 valence electrons. The van der Waals surface area contributed by atoms with E-state index in [1.165, 1.54) is 0 Å². The van der Waals surface area contributed by atoms with Gasteiger partial charge in [0, 0.05) is 26.1 Å². The maximum atomic E-state index is 11.3. The topological polar surface area (TPSA) is 61.8 Å². The predicted molar refractivity (Wildman–Crippen MR) is 57.0 cm³/mol. The van der Waals surface area contributed by atoms with Crippen molar-refractivity contribution < 1.29 is 14.6 Å². The molecule has 5 nitrogen and oxygen atoms in total. The molecule has 0 aromatic carbocycles. The molecule has 1 aliphatic heterocycles. The van der Waals surface area contributed by atoms with Crippen LogP contribution in [0.4, 0.5) is 0 Å². The summed E-state index contributed by atoms with van der Waals surface area (Å²) in [6.07, 6.45) is 0.272. The molecule has 0 spiro atoms. The summed E-state index contributed by atoms with van der Waals surface area (Å²) in [5, 5.41) is 12.4. The van der Waals surface area contributed by atoms with Crippen LogP contribution in [-0.2, 0) is 9.53 Å². The third-order valence-corrected chi connectivity index (χ3v) is 2.94. The Hall–Kier alpha value is -0.650. The van der Waals surface area contributed by atoms with Crippen LogP contribution in [0.1, 0.15) is 13.3 Å². The monoisotopic (exact) mass is 216 g/mol. The molecular weight excluding hydrogens is 196 g/mol. The van der Waals surface area contributed by atoms with Gasteiger partial charge in [-0.05, 0) is 21.0 Å². The van der Waals surface area contributed by atoms with Gasteiger partial charge in [-0.15, -0.1) is 0 Å². The molecule has 0 bridgehead atoms. The SMILES string of the molecule is CC1OCCC1(NCCN(C)C)C(=O)O. The molecule has 1 saturated heterocycles. The first-order valence-corrected chi connectivity index (χ1v) is 5.24. The van der Waals surface area contributed by atoms with Crippen molar-refractivity contribution in [2.45, 2.75) is 25.0 Å². The molecule has 0 amide bonds. The fourth-order valence-corrected chi connectivity index (χ4v) is 1.83. The van der Waals surface area contributed by atoms with E-state index in [9.17, 15) is 9.90 Å². The Morgan fingerprint density at radius 1 is 1.67 bits per heavy atom. The largest absolute Gasteiger partial charge is 0.480 e. The summed E-state index contributed by atoms with van der Waals surface area (Å²) in [7, 11) is 3.92. The van der Waals surface area contributed by atoms with Gasteiger partial charge in [0.05, 0.1) is 6.10 Å². The average molecular weight is 216 g/mol. The van der Waals surface area contributed by atoms with E-state index in [4.69, 9.17) is 4.74 Å². The van der Waals surface area contributed by atoms with E-state index in [1.807, 2.05) is 25.9 Å². The molecule has 15 heavy (non-hydrogen) atoms. The van der Waals surface area contributed by atoms with Crippen molar-refractivity contribution in [2.24, 2.45) is 0 Å². The molecule has 1 aliphatic rings. The summed E-state index contributed by atoms with van der Waals surface area (Å²) in [5.41, 5.74) is -0.893. The predicted octanol–water partition coefficient (Wildman–Crippen LogP) is -0.230. The second-order valence-corrected chi connectivity index (χ2v) is 4.27. The Labute approximate surface area is 90.4 Å². The molecule has 2 N–H and O–H groups in total. The number of nitrogens with zero attached hydrogens (tertiary/aromatic N) is 1. The highest BCUT2D eigenvalue weighted by Gasteiger charge is 2.47.